The molecule has 0 aliphatic carbocycles. The average Bonchev–Trinajstić information content (AvgIpc) is 2.34. The number of nitrogens with zero attached hydrogens (tertiary/aromatic N) is 1. The molecule has 17 heavy (non-hydrogen) atoms. The number of aryl methyl sites for hydroxylation is 1. The first-order valence-electron chi connectivity index (χ1n) is 6.03. The number of nitrogens with two attached hydrogens (primary N) is 1. The molecule has 4 heteroatoms. The van der Waals surface area contributed by atoms with Crippen molar-refractivity contribution in [1.82, 2.24) is 0 Å². The molecular weight excluding hydrogens is 280 g/mol. The lowest BCUT2D eigenvalue weighted by Gasteiger charge is -2.33. The van der Waals surface area contributed by atoms with Gasteiger partial charge in [0.25, 0.3) is 0 Å². The SMILES string of the molecule is Cc1cc(N2CCC(CON)CC2)ccc1Br. The molecule has 3 nitrogen and oxygen atoms in total. The minimum atomic E-state index is 0.618. The highest BCUT2D eigenvalue weighted by atomic mass is 79.9. The van der Waals surface area contributed by atoms with Gasteiger partial charge in [0, 0.05) is 23.2 Å². The predicted octanol–water partition coefficient (Wildman–Crippen LogP) is 2.86. The smallest absolute Gasteiger partial charge is 0.0708 e. The van der Waals surface area contributed by atoms with Crippen molar-refractivity contribution >= 4 is 21.6 Å². The minimum Gasteiger partial charge on any atom is -0.372 e. The first-order valence-corrected chi connectivity index (χ1v) is 6.83. The molecule has 1 saturated heterocycles. The largest absolute Gasteiger partial charge is 0.372 e. The fourth-order valence-corrected chi connectivity index (χ4v) is 2.57. The lowest BCUT2D eigenvalue weighted by molar-refractivity contribution is 0.0918. The summed E-state index contributed by atoms with van der Waals surface area (Å²) in [5, 5.41) is 0. The zero-order valence-electron chi connectivity index (χ0n) is 10.2. The van der Waals surface area contributed by atoms with Crippen molar-refractivity contribution in [2.45, 2.75) is 19.8 Å². The Bertz CT molecular complexity index is 376. The molecule has 94 valence electrons. The monoisotopic (exact) mass is 298 g/mol. The maximum absolute atomic E-state index is 5.12. The molecule has 1 aromatic rings. The number of halogens is 1. The van der Waals surface area contributed by atoms with Crippen LogP contribution >= 0.6 is 15.9 Å². The molecule has 1 aromatic carbocycles. The van der Waals surface area contributed by atoms with Gasteiger partial charge in [0.1, 0.15) is 0 Å². The molecule has 2 rings (SSSR count). The molecule has 1 heterocycles. The van der Waals surface area contributed by atoms with Crippen LogP contribution in [0.1, 0.15) is 18.4 Å². The van der Waals surface area contributed by atoms with Gasteiger partial charge in [-0.3, -0.25) is 0 Å². The summed E-state index contributed by atoms with van der Waals surface area (Å²) in [7, 11) is 0. The Morgan fingerprint density at radius 2 is 2.12 bits per heavy atom. The maximum Gasteiger partial charge on any atom is 0.0708 e. The third-order valence-electron chi connectivity index (χ3n) is 3.45. The Hall–Kier alpha value is -0.580. The van der Waals surface area contributed by atoms with Gasteiger partial charge in [-0.2, -0.15) is 0 Å². The molecule has 0 amide bonds. The van der Waals surface area contributed by atoms with Crippen LogP contribution in [0, 0.1) is 12.8 Å². The number of hydrogen-bond acceptors (Lipinski definition) is 3. The Balaban J connectivity index is 1.98. The zero-order valence-corrected chi connectivity index (χ0v) is 11.7. The van der Waals surface area contributed by atoms with Crippen LogP contribution < -0.4 is 10.8 Å². The second-order valence-corrected chi connectivity index (χ2v) is 5.55. The molecule has 0 saturated carbocycles. The maximum atomic E-state index is 5.12. The lowest BCUT2D eigenvalue weighted by Crippen LogP contribution is -2.35. The summed E-state index contributed by atoms with van der Waals surface area (Å²) < 4.78 is 1.17. The lowest BCUT2D eigenvalue weighted by atomic mass is 9.97. The number of piperidine rings is 1. The van der Waals surface area contributed by atoms with Gasteiger partial charge in [-0.15, -0.1) is 0 Å². The van der Waals surface area contributed by atoms with Crippen LogP contribution in [0.15, 0.2) is 22.7 Å². The quantitative estimate of drug-likeness (QED) is 0.872. The number of rotatable bonds is 3. The fraction of sp³-hybridized carbons (Fsp3) is 0.538. The first-order chi connectivity index (χ1) is 8.20. The van der Waals surface area contributed by atoms with E-state index in [0.717, 1.165) is 25.9 Å². The number of hydrogen-bond donors (Lipinski definition) is 1. The van der Waals surface area contributed by atoms with Gasteiger partial charge in [0.15, 0.2) is 0 Å². The predicted molar refractivity (Wildman–Crippen MR) is 74.0 cm³/mol. The highest BCUT2D eigenvalue weighted by Crippen LogP contribution is 2.26. The summed E-state index contributed by atoms with van der Waals surface area (Å²) in [5.74, 6) is 5.74. The van der Waals surface area contributed by atoms with E-state index in [9.17, 15) is 0 Å². The molecule has 0 unspecified atom stereocenters. The van der Waals surface area contributed by atoms with E-state index in [1.807, 2.05) is 0 Å². The van der Waals surface area contributed by atoms with Crippen LogP contribution in [0.3, 0.4) is 0 Å². The van der Waals surface area contributed by atoms with Crippen LogP contribution in [0.2, 0.25) is 0 Å². The molecule has 0 atom stereocenters. The van der Waals surface area contributed by atoms with Crippen molar-refractivity contribution in [2.75, 3.05) is 24.6 Å². The third-order valence-corrected chi connectivity index (χ3v) is 4.34. The highest BCUT2D eigenvalue weighted by molar-refractivity contribution is 9.10. The van der Waals surface area contributed by atoms with Gasteiger partial charge < -0.3 is 9.74 Å². The van der Waals surface area contributed by atoms with Crippen molar-refractivity contribution in [2.24, 2.45) is 11.8 Å². The van der Waals surface area contributed by atoms with Gasteiger partial charge in [-0.1, -0.05) is 15.9 Å². The van der Waals surface area contributed by atoms with Gasteiger partial charge in [0.2, 0.25) is 0 Å². The second kappa shape index (κ2) is 5.85. The molecule has 0 aromatic heterocycles. The van der Waals surface area contributed by atoms with Gasteiger partial charge in [0.05, 0.1) is 6.61 Å². The van der Waals surface area contributed by atoms with E-state index >= 15 is 0 Å². The van der Waals surface area contributed by atoms with Crippen molar-refractivity contribution < 1.29 is 4.84 Å². The molecular formula is C13H19BrN2O. The summed E-state index contributed by atoms with van der Waals surface area (Å²) in [6, 6.07) is 6.54. The van der Waals surface area contributed by atoms with Gasteiger partial charge in [-0.05, 0) is 49.4 Å². The molecule has 1 fully saturated rings. The topological polar surface area (TPSA) is 38.5 Å². The van der Waals surface area contributed by atoms with Gasteiger partial charge >= 0.3 is 0 Å². The van der Waals surface area contributed by atoms with Crippen molar-refractivity contribution in [3.63, 3.8) is 0 Å². The van der Waals surface area contributed by atoms with E-state index in [2.05, 4.69) is 46.0 Å². The van der Waals surface area contributed by atoms with Crippen LogP contribution in [-0.2, 0) is 4.84 Å². The zero-order chi connectivity index (χ0) is 12.3. The Morgan fingerprint density at radius 3 is 2.71 bits per heavy atom. The van der Waals surface area contributed by atoms with E-state index in [1.165, 1.54) is 15.7 Å². The Labute approximate surface area is 111 Å². The van der Waals surface area contributed by atoms with Gasteiger partial charge in [-0.25, -0.2) is 5.90 Å². The standard InChI is InChI=1S/C13H19BrN2O/c1-10-8-12(2-3-13(10)14)16-6-4-11(5-7-16)9-17-15/h2-3,8,11H,4-7,9,15H2,1H3. The Kier molecular flexibility index (Phi) is 4.42. The number of benzene rings is 1. The van der Waals surface area contributed by atoms with E-state index in [1.54, 1.807) is 0 Å². The normalized spacial score (nSPS) is 17.5. The van der Waals surface area contributed by atoms with Crippen molar-refractivity contribution in [1.29, 1.82) is 0 Å². The average molecular weight is 299 g/mol. The van der Waals surface area contributed by atoms with Crippen LogP contribution in [0.25, 0.3) is 0 Å². The molecule has 0 spiro atoms. The number of anilines is 1. The molecule has 0 radical (unpaired) electrons. The molecule has 1 aliphatic heterocycles. The Morgan fingerprint density at radius 1 is 1.41 bits per heavy atom. The molecule has 1 aliphatic rings. The fourth-order valence-electron chi connectivity index (χ4n) is 2.32. The second-order valence-electron chi connectivity index (χ2n) is 4.70. The van der Waals surface area contributed by atoms with Crippen LogP contribution in [0.5, 0.6) is 0 Å². The van der Waals surface area contributed by atoms with E-state index < -0.39 is 0 Å². The summed E-state index contributed by atoms with van der Waals surface area (Å²) in [6.07, 6.45) is 2.32. The molecule has 2 N–H and O–H groups in total. The molecule has 0 bridgehead atoms. The van der Waals surface area contributed by atoms with Crippen LogP contribution in [-0.4, -0.2) is 19.7 Å². The highest BCUT2D eigenvalue weighted by Gasteiger charge is 2.19. The van der Waals surface area contributed by atoms with E-state index in [-0.39, 0.29) is 0 Å². The summed E-state index contributed by atoms with van der Waals surface area (Å²) in [5.41, 5.74) is 2.60. The van der Waals surface area contributed by atoms with Crippen LogP contribution in [0.4, 0.5) is 5.69 Å². The minimum absolute atomic E-state index is 0.618. The first kappa shape index (κ1) is 12.9. The summed E-state index contributed by atoms with van der Waals surface area (Å²) in [4.78, 5) is 7.17. The van der Waals surface area contributed by atoms with E-state index in [4.69, 9.17) is 10.7 Å². The third kappa shape index (κ3) is 3.21. The summed E-state index contributed by atoms with van der Waals surface area (Å²) >= 11 is 3.53. The van der Waals surface area contributed by atoms with E-state index in [0.29, 0.717) is 12.5 Å². The van der Waals surface area contributed by atoms with Crippen molar-refractivity contribution in [3.8, 4) is 0 Å². The summed E-state index contributed by atoms with van der Waals surface area (Å²) in [6.45, 7) is 5.00. The van der Waals surface area contributed by atoms with Crippen molar-refractivity contribution in [3.05, 3.63) is 28.2 Å².